The number of hydrogen-bond donors (Lipinski definition) is 2. The molecule has 3 aromatic rings. The van der Waals surface area contributed by atoms with Crippen LogP contribution in [0.4, 0.5) is 5.69 Å². The Balaban J connectivity index is 1.66. The fraction of sp³-hybridized carbons (Fsp3) is 0.318. The van der Waals surface area contributed by atoms with Crippen molar-refractivity contribution < 1.29 is 9.90 Å². The first-order valence-corrected chi connectivity index (χ1v) is 9.48. The zero-order valence-corrected chi connectivity index (χ0v) is 16.0. The second-order valence-electron chi connectivity index (χ2n) is 6.66. The number of phenols is 1. The lowest BCUT2D eigenvalue weighted by atomic mass is 10.1. The van der Waals surface area contributed by atoms with Crippen LogP contribution in [0.25, 0.3) is 10.9 Å². The van der Waals surface area contributed by atoms with Crippen LogP contribution < -0.4 is 5.32 Å². The van der Waals surface area contributed by atoms with Gasteiger partial charge in [0.2, 0.25) is 5.91 Å². The number of nitrogens with one attached hydrogen (secondary N) is 1. The van der Waals surface area contributed by atoms with Crippen LogP contribution in [0.3, 0.4) is 0 Å². The van der Waals surface area contributed by atoms with Gasteiger partial charge in [-0.1, -0.05) is 32.0 Å². The van der Waals surface area contributed by atoms with Crippen molar-refractivity contribution >= 4 is 22.5 Å². The van der Waals surface area contributed by atoms with Crippen molar-refractivity contribution in [3.8, 4) is 5.75 Å². The number of amides is 1. The maximum absolute atomic E-state index is 12.3. The van der Waals surface area contributed by atoms with E-state index in [1.165, 1.54) is 5.52 Å². The number of carbonyl (C=O) groups is 1. The van der Waals surface area contributed by atoms with E-state index in [0.717, 1.165) is 37.3 Å². The molecule has 5 nitrogen and oxygen atoms in total. The SMILES string of the molecule is CCN(CC)CCn1ccc2cc(NC(=O)Cc3ccccc3O)ccc21. The summed E-state index contributed by atoms with van der Waals surface area (Å²) in [7, 11) is 0. The summed E-state index contributed by atoms with van der Waals surface area (Å²) in [4.78, 5) is 14.7. The molecule has 1 heterocycles. The summed E-state index contributed by atoms with van der Waals surface area (Å²) < 4.78 is 2.25. The molecule has 0 aliphatic carbocycles. The molecule has 1 aromatic heterocycles. The third kappa shape index (κ3) is 4.68. The van der Waals surface area contributed by atoms with E-state index in [0.29, 0.717) is 5.56 Å². The number of likely N-dealkylation sites (N-methyl/N-ethyl adjacent to an activating group) is 1. The van der Waals surface area contributed by atoms with Gasteiger partial charge in [0.05, 0.1) is 6.42 Å². The molecular formula is C22H27N3O2. The highest BCUT2D eigenvalue weighted by molar-refractivity contribution is 5.95. The van der Waals surface area contributed by atoms with Gasteiger partial charge in [0.1, 0.15) is 5.75 Å². The van der Waals surface area contributed by atoms with Crippen LogP contribution in [0.15, 0.2) is 54.7 Å². The number of phenolic OH excluding ortho intramolecular Hbond substituents is 1. The molecule has 0 saturated carbocycles. The van der Waals surface area contributed by atoms with E-state index in [-0.39, 0.29) is 18.1 Å². The molecule has 3 rings (SSSR count). The first-order valence-electron chi connectivity index (χ1n) is 9.48. The Morgan fingerprint density at radius 2 is 1.89 bits per heavy atom. The van der Waals surface area contributed by atoms with Crippen molar-refractivity contribution in [3.05, 3.63) is 60.3 Å². The summed E-state index contributed by atoms with van der Waals surface area (Å²) in [6.45, 7) is 8.45. The van der Waals surface area contributed by atoms with E-state index in [4.69, 9.17) is 0 Å². The third-order valence-electron chi connectivity index (χ3n) is 4.95. The van der Waals surface area contributed by atoms with Gasteiger partial charge < -0.3 is 19.9 Å². The predicted octanol–water partition coefficient (Wildman–Crippen LogP) is 3.87. The molecule has 2 N–H and O–H groups in total. The first-order chi connectivity index (χ1) is 13.1. The highest BCUT2D eigenvalue weighted by Gasteiger charge is 2.09. The Morgan fingerprint density at radius 3 is 2.63 bits per heavy atom. The molecule has 2 aromatic carbocycles. The van der Waals surface area contributed by atoms with E-state index in [2.05, 4.69) is 40.9 Å². The molecule has 0 aliphatic rings. The molecule has 0 bridgehead atoms. The van der Waals surface area contributed by atoms with Gasteiger partial charge in [-0.2, -0.15) is 0 Å². The summed E-state index contributed by atoms with van der Waals surface area (Å²) in [5.74, 6) is 0.00481. The van der Waals surface area contributed by atoms with Gasteiger partial charge in [-0.3, -0.25) is 4.79 Å². The molecule has 0 unspecified atom stereocenters. The number of fused-ring (bicyclic) bond motifs is 1. The molecule has 5 heteroatoms. The second kappa shape index (κ2) is 8.73. The molecule has 0 radical (unpaired) electrons. The van der Waals surface area contributed by atoms with Crippen LogP contribution in [0.1, 0.15) is 19.4 Å². The molecule has 27 heavy (non-hydrogen) atoms. The Labute approximate surface area is 160 Å². The Bertz CT molecular complexity index is 913. The van der Waals surface area contributed by atoms with E-state index in [9.17, 15) is 9.90 Å². The van der Waals surface area contributed by atoms with Crippen molar-refractivity contribution in [1.82, 2.24) is 9.47 Å². The van der Waals surface area contributed by atoms with Crippen molar-refractivity contribution in [1.29, 1.82) is 0 Å². The number of aromatic nitrogens is 1. The van der Waals surface area contributed by atoms with Crippen molar-refractivity contribution in [2.45, 2.75) is 26.8 Å². The number of para-hydroxylation sites is 1. The van der Waals surface area contributed by atoms with Gasteiger partial charge in [0.15, 0.2) is 0 Å². The fourth-order valence-electron chi connectivity index (χ4n) is 3.30. The van der Waals surface area contributed by atoms with Crippen molar-refractivity contribution in [3.63, 3.8) is 0 Å². The Hall–Kier alpha value is -2.79. The second-order valence-corrected chi connectivity index (χ2v) is 6.66. The number of carbonyl (C=O) groups excluding carboxylic acids is 1. The van der Waals surface area contributed by atoms with Crippen molar-refractivity contribution in [2.75, 3.05) is 25.0 Å². The lowest BCUT2D eigenvalue weighted by Crippen LogP contribution is -2.26. The molecule has 0 spiro atoms. The van der Waals surface area contributed by atoms with E-state index >= 15 is 0 Å². The van der Waals surface area contributed by atoms with Gasteiger partial charge >= 0.3 is 0 Å². The number of hydrogen-bond acceptors (Lipinski definition) is 3. The fourth-order valence-corrected chi connectivity index (χ4v) is 3.30. The Kier molecular flexibility index (Phi) is 6.14. The van der Waals surface area contributed by atoms with Gasteiger partial charge in [-0.05, 0) is 43.4 Å². The minimum absolute atomic E-state index is 0.142. The van der Waals surface area contributed by atoms with Crippen LogP contribution in [0.5, 0.6) is 5.75 Å². The average Bonchev–Trinajstić information content (AvgIpc) is 3.07. The van der Waals surface area contributed by atoms with Gasteiger partial charge in [-0.25, -0.2) is 0 Å². The summed E-state index contributed by atoms with van der Waals surface area (Å²) in [6, 6.07) is 15.0. The maximum atomic E-state index is 12.3. The maximum Gasteiger partial charge on any atom is 0.228 e. The van der Waals surface area contributed by atoms with Gasteiger partial charge in [0, 0.05) is 41.4 Å². The zero-order valence-electron chi connectivity index (χ0n) is 16.0. The molecule has 142 valence electrons. The lowest BCUT2D eigenvalue weighted by Gasteiger charge is -2.18. The number of nitrogens with zero attached hydrogens (tertiary/aromatic N) is 2. The highest BCUT2D eigenvalue weighted by atomic mass is 16.3. The van der Waals surface area contributed by atoms with Crippen LogP contribution in [-0.4, -0.2) is 40.1 Å². The predicted molar refractivity (Wildman–Crippen MR) is 110 cm³/mol. The molecule has 0 saturated heterocycles. The van der Waals surface area contributed by atoms with Crippen molar-refractivity contribution in [2.24, 2.45) is 0 Å². The summed E-state index contributed by atoms with van der Waals surface area (Å²) in [5.41, 5.74) is 2.56. The minimum Gasteiger partial charge on any atom is -0.508 e. The van der Waals surface area contributed by atoms with E-state index in [1.54, 1.807) is 18.2 Å². The molecule has 0 aliphatic heterocycles. The van der Waals surface area contributed by atoms with Crippen LogP contribution in [0, 0.1) is 0 Å². The molecule has 1 amide bonds. The van der Waals surface area contributed by atoms with Crippen LogP contribution in [0.2, 0.25) is 0 Å². The van der Waals surface area contributed by atoms with Gasteiger partial charge in [-0.15, -0.1) is 0 Å². The Morgan fingerprint density at radius 1 is 1.11 bits per heavy atom. The number of benzene rings is 2. The standard InChI is InChI=1S/C22H27N3O2/c1-3-24(4-2)13-14-25-12-11-17-15-19(9-10-20(17)25)23-22(27)16-18-7-5-6-8-21(18)26/h5-12,15,26H,3-4,13-14,16H2,1-2H3,(H,23,27). The topological polar surface area (TPSA) is 57.5 Å². The van der Waals surface area contributed by atoms with Crippen LogP contribution in [-0.2, 0) is 17.8 Å². The normalized spacial score (nSPS) is 11.2. The number of aromatic hydroxyl groups is 1. The quantitative estimate of drug-likeness (QED) is 0.637. The summed E-state index contributed by atoms with van der Waals surface area (Å²) in [5, 5.41) is 13.8. The minimum atomic E-state index is -0.142. The van der Waals surface area contributed by atoms with Crippen LogP contribution >= 0.6 is 0 Å². The monoisotopic (exact) mass is 365 g/mol. The largest absolute Gasteiger partial charge is 0.508 e. The molecule has 0 fully saturated rings. The highest BCUT2D eigenvalue weighted by Crippen LogP contribution is 2.22. The first kappa shape index (κ1) is 19.0. The molecular weight excluding hydrogens is 338 g/mol. The van der Waals surface area contributed by atoms with Gasteiger partial charge in [0.25, 0.3) is 0 Å². The average molecular weight is 365 g/mol. The summed E-state index contributed by atoms with van der Waals surface area (Å²) in [6.07, 6.45) is 2.25. The number of anilines is 1. The smallest absolute Gasteiger partial charge is 0.228 e. The van der Waals surface area contributed by atoms with E-state index < -0.39 is 0 Å². The summed E-state index contributed by atoms with van der Waals surface area (Å²) >= 11 is 0. The third-order valence-corrected chi connectivity index (χ3v) is 4.95. The number of rotatable bonds is 8. The molecule has 0 atom stereocenters. The lowest BCUT2D eigenvalue weighted by molar-refractivity contribution is -0.115. The van der Waals surface area contributed by atoms with E-state index in [1.807, 2.05) is 24.3 Å². The zero-order chi connectivity index (χ0) is 19.2.